The number of piperidine rings is 1. The van der Waals surface area contributed by atoms with Crippen LogP contribution in [0.4, 0.5) is 5.82 Å². The molecular weight excluding hydrogens is 561 g/mol. The van der Waals surface area contributed by atoms with Crippen LogP contribution in [0.3, 0.4) is 0 Å². The molecule has 0 atom stereocenters. The average molecular weight is 597 g/mol. The summed E-state index contributed by atoms with van der Waals surface area (Å²) >= 11 is 6.92. The van der Waals surface area contributed by atoms with Gasteiger partial charge in [-0.15, -0.1) is 0 Å². The second kappa shape index (κ2) is 13.1. The number of pyridine rings is 1. The molecule has 1 amide bonds. The standard InChI is InChI=1S/C34H36N4O2S2/c1-4-16-37-31(36-17-14-26(15-18-36)19-25-8-6-5-7-9-25)28(24(3)29(21-35)32(37)39)20-30-33(40)38(34(41)42-30)22-27-12-10-23(2)11-13-27/h5-13,20,26H,4,14-19,22H2,1-3H3/b30-20+. The van der Waals surface area contributed by atoms with E-state index in [4.69, 9.17) is 12.2 Å². The Kier molecular flexibility index (Phi) is 9.30. The van der Waals surface area contributed by atoms with Gasteiger partial charge in [0.05, 0.1) is 11.4 Å². The van der Waals surface area contributed by atoms with E-state index in [1.165, 1.54) is 17.3 Å². The number of benzene rings is 2. The van der Waals surface area contributed by atoms with Crippen molar-refractivity contribution in [1.82, 2.24) is 9.47 Å². The fourth-order valence-corrected chi connectivity index (χ4v) is 7.09. The van der Waals surface area contributed by atoms with Gasteiger partial charge in [0.25, 0.3) is 11.5 Å². The summed E-state index contributed by atoms with van der Waals surface area (Å²) in [6.07, 6.45) is 5.67. The molecule has 2 fully saturated rings. The Labute approximate surface area is 257 Å². The number of amides is 1. The number of carbonyl (C=O) groups excluding carboxylic acids is 1. The van der Waals surface area contributed by atoms with Gasteiger partial charge in [-0.3, -0.25) is 19.1 Å². The molecule has 2 aliphatic heterocycles. The van der Waals surface area contributed by atoms with E-state index in [9.17, 15) is 14.9 Å². The summed E-state index contributed by atoms with van der Waals surface area (Å²) in [5.74, 6) is 1.22. The molecule has 8 heteroatoms. The third kappa shape index (κ3) is 6.23. The lowest BCUT2D eigenvalue weighted by Gasteiger charge is -2.36. The number of hydrogen-bond donors (Lipinski definition) is 0. The summed E-state index contributed by atoms with van der Waals surface area (Å²) in [7, 11) is 0. The number of thiocarbonyl (C=S) groups is 1. The zero-order valence-electron chi connectivity index (χ0n) is 24.4. The van der Waals surface area contributed by atoms with Crippen LogP contribution in [0, 0.1) is 31.1 Å². The van der Waals surface area contributed by atoms with Gasteiger partial charge >= 0.3 is 0 Å². The summed E-state index contributed by atoms with van der Waals surface area (Å²) in [4.78, 5) is 31.6. The van der Waals surface area contributed by atoms with Gasteiger partial charge in [0.15, 0.2) is 0 Å². The van der Waals surface area contributed by atoms with Crippen LogP contribution < -0.4 is 10.5 Å². The van der Waals surface area contributed by atoms with Crippen LogP contribution in [0.1, 0.15) is 59.6 Å². The van der Waals surface area contributed by atoms with Crippen LogP contribution in [0.25, 0.3) is 6.08 Å². The molecule has 2 saturated heterocycles. The van der Waals surface area contributed by atoms with Gasteiger partial charge in [-0.2, -0.15) is 5.26 Å². The van der Waals surface area contributed by atoms with Crippen molar-refractivity contribution >= 4 is 46.1 Å². The van der Waals surface area contributed by atoms with Crippen LogP contribution in [0.2, 0.25) is 0 Å². The van der Waals surface area contributed by atoms with Gasteiger partial charge in [-0.1, -0.05) is 91.1 Å². The highest BCUT2D eigenvalue weighted by Crippen LogP contribution is 2.37. The zero-order valence-corrected chi connectivity index (χ0v) is 26.1. The van der Waals surface area contributed by atoms with E-state index in [1.54, 1.807) is 9.47 Å². The molecule has 6 nitrogen and oxygen atoms in total. The number of aromatic nitrogens is 1. The summed E-state index contributed by atoms with van der Waals surface area (Å²) in [5, 5.41) is 9.97. The van der Waals surface area contributed by atoms with Crippen molar-refractivity contribution in [3.05, 3.63) is 103 Å². The topological polar surface area (TPSA) is 69.3 Å². The van der Waals surface area contributed by atoms with E-state index in [0.717, 1.165) is 61.3 Å². The first-order valence-corrected chi connectivity index (χ1v) is 15.8. The first-order valence-electron chi connectivity index (χ1n) is 14.6. The quantitative estimate of drug-likeness (QED) is 0.215. The predicted octanol–water partition coefficient (Wildman–Crippen LogP) is 6.61. The molecule has 0 unspecified atom stereocenters. The molecule has 0 saturated carbocycles. The number of hydrogen-bond acceptors (Lipinski definition) is 6. The number of nitriles is 1. The number of carbonyl (C=O) groups is 1. The third-order valence-corrected chi connectivity index (χ3v) is 9.56. The van der Waals surface area contributed by atoms with E-state index in [0.29, 0.717) is 33.8 Å². The van der Waals surface area contributed by atoms with E-state index in [-0.39, 0.29) is 17.0 Å². The van der Waals surface area contributed by atoms with Crippen molar-refractivity contribution in [2.75, 3.05) is 18.0 Å². The highest BCUT2D eigenvalue weighted by molar-refractivity contribution is 8.26. The Morgan fingerprint density at radius 3 is 2.36 bits per heavy atom. The molecule has 0 radical (unpaired) electrons. The van der Waals surface area contributed by atoms with Crippen LogP contribution in [-0.4, -0.2) is 32.8 Å². The minimum atomic E-state index is -0.262. The van der Waals surface area contributed by atoms with Crippen LogP contribution in [-0.2, 0) is 24.3 Å². The number of rotatable bonds is 8. The van der Waals surface area contributed by atoms with Crippen molar-refractivity contribution in [3.63, 3.8) is 0 Å². The first-order chi connectivity index (χ1) is 20.3. The minimum absolute atomic E-state index is 0.132. The number of thioether (sulfide) groups is 1. The van der Waals surface area contributed by atoms with E-state index in [1.807, 2.05) is 57.2 Å². The van der Waals surface area contributed by atoms with E-state index in [2.05, 4.69) is 35.2 Å². The second-order valence-corrected chi connectivity index (χ2v) is 12.9. The van der Waals surface area contributed by atoms with Crippen molar-refractivity contribution in [2.45, 2.75) is 59.5 Å². The Morgan fingerprint density at radius 2 is 1.71 bits per heavy atom. The van der Waals surface area contributed by atoms with Gasteiger partial charge in [0, 0.05) is 25.2 Å². The monoisotopic (exact) mass is 596 g/mol. The maximum atomic E-state index is 13.6. The SMILES string of the molecule is CCCn1c(N2CCC(Cc3ccccc3)CC2)c(/C=C2/SC(=S)N(Cc3ccc(C)cc3)C2=O)c(C)c(C#N)c1=O. The van der Waals surface area contributed by atoms with Crippen molar-refractivity contribution in [2.24, 2.45) is 5.92 Å². The lowest BCUT2D eigenvalue weighted by atomic mass is 9.90. The number of nitrogens with zero attached hydrogens (tertiary/aromatic N) is 4. The zero-order chi connectivity index (χ0) is 29.8. The maximum Gasteiger partial charge on any atom is 0.270 e. The normalized spacial score (nSPS) is 16.9. The van der Waals surface area contributed by atoms with Gasteiger partial charge in [0.1, 0.15) is 21.8 Å². The Morgan fingerprint density at radius 1 is 1.02 bits per heavy atom. The molecule has 2 aromatic carbocycles. The average Bonchev–Trinajstić information content (AvgIpc) is 3.25. The molecule has 1 aromatic heterocycles. The Bertz CT molecular complexity index is 1610. The fourth-order valence-electron chi connectivity index (χ4n) is 5.86. The summed E-state index contributed by atoms with van der Waals surface area (Å²) in [6, 6.07) is 20.8. The Hall–Kier alpha value is -3.67. The largest absolute Gasteiger partial charge is 0.357 e. The maximum absolute atomic E-state index is 13.6. The smallest absolute Gasteiger partial charge is 0.270 e. The van der Waals surface area contributed by atoms with Crippen LogP contribution >= 0.6 is 24.0 Å². The molecule has 0 N–H and O–H groups in total. The van der Waals surface area contributed by atoms with E-state index >= 15 is 0 Å². The van der Waals surface area contributed by atoms with Gasteiger partial charge in [0.2, 0.25) is 0 Å². The molecule has 42 heavy (non-hydrogen) atoms. The van der Waals surface area contributed by atoms with Crippen LogP contribution in [0.5, 0.6) is 0 Å². The highest BCUT2D eigenvalue weighted by atomic mass is 32.2. The van der Waals surface area contributed by atoms with Gasteiger partial charge in [-0.05, 0) is 68.2 Å². The number of anilines is 1. The third-order valence-electron chi connectivity index (χ3n) is 8.19. The van der Waals surface area contributed by atoms with E-state index < -0.39 is 0 Å². The lowest BCUT2D eigenvalue weighted by molar-refractivity contribution is -0.122. The molecular formula is C34H36N4O2S2. The molecule has 0 bridgehead atoms. The fraction of sp³-hybridized carbons (Fsp3) is 0.353. The summed E-state index contributed by atoms with van der Waals surface area (Å²) in [5.41, 5.74) is 4.76. The molecule has 5 rings (SSSR count). The molecule has 0 aliphatic carbocycles. The van der Waals surface area contributed by atoms with Crippen LogP contribution in [0.15, 0.2) is 64.3 Å². The molecule has 216 valence electrons. The summed E-state index contributed by atoms with van der Waals surface area (Å²) < 4.78 is 2.26. The molecule has 3 aromatic rings. The molecule has 2 aliphatic rings. The molecule has 3 heterocycles. The first kappa shape index (κ1) is 29.8. The van der Waals surface area contributed by atoms with Crippen molar-refractivity contribution < 1.29 is 4.79 Å². The summed E-state index contributed by atoms with van der Waals surface area (Å²) in [6.45, 7) is 8.41. The lowest BCUT2D eigenvalue weighted by Crippen LogP contribution is -2.40. The highest BCUT2D eigenvalue weighted by Gasteiger charge is 2.34. The van der Waals surface area contributed by atoms with Gasteiger partial charge < -0.3 is 4.90 Å². The van der Waals surface area contributed by atoms with Crippen molar-refractivity contribution in [3.8, 4) is 6.07 Å². The van der Waals surface area contributed by atoms with Gasteiger partial charge in [-0.25, -0.2) is 0 Å². The predicted molar refractivity (Wildman–Crippen MR) is 175 cm³/mol. The second-order valence-electron chi connectivity index (χ2n) is 11.2. The number of aryl methyl sites for hydroxylation is 1. The Balaban J connectivity index is 1.49. The van der Waals surface area contributed by atoms with Crippen molar-refractivity contribution in [1.29, 1.82) is 5.26 Å². The molecule has 0 spiro atoms. The minimum Gasteiger partial charge on any atom is -0.357 e.